The van der Waals surface area contributed by atoms with Crippen LogP contribution in [0.25, 0.3) is 0 Å². The van der Waals surface area contributed by atoms with Crippen LogP contribution < -0.4 is 10.1 Å². The van der Waals surface area contributed by atoms with Crippen molar-refractivity contribution in [2.24, 2.45) is 0 Å². The van der Waals surface area contributed by atoms with Crippen molar-refractivity contribution in [3.8, 4) is 5.75 Å². The fourth-order valence-corrected chi connectivity index (χ4v) is 1.97. The van der Waals surface area contributed by atoms with Gasteiger partial charge < -0.3 is 10.1 Å². The molecule has 0 bridgehead atoms. The van der Waals surface area contributed by atoms with E-state index in [4.69, 9.17) is 4.74 Å². The Kier molecular flexibility index (Phi) is 5.18. The van der Waals surface area contributed by atoms with Gasteiger partial charge in [-0.25, -0.2) is 4.79 Å². The molecule has 104 valence electrons. The van der Waals surface area contributed by atoms with Gasteiger partial charge in [-0.2, -0.15) is 0 Å². The predicted octanol–water partition coefficient (Wildman–Crippen LogP) is 3.97. The molecule has 0 spiro atoms. The normalized spacial score (nSPS) is 11.7. The highest BCUT2D eigenvalue weighted by molar-refractivity contribution is 5.70. The summed E-state index contributed by atoms with van der Waals surface area (Å²) < 4.78 is 5.15. The topological polar surface area (TPSA) is 38.3 Å². The molecule has 0 aromatic heterocycles. The second kappa shape index (κ2) is 7.34. The van der Waals surface area contributed by atoms with Gasteiger partial charge in [0.15, 0.2) is 0 Å². The van der Waals surface area contributed by atoms with E-state index in [1.54, 1.807) is 12.1 Å². The van der Waals surface area contributed by atoms with E-state index >= 15 is 0 Å². The van der Waals surface area contributed by atoms with Gasteiger partial charge in [0.1, 0.15) is 5.75 Å². The lowest BCUT2D eigenvalue weighted by molar-refractivity contribution is 0.200. The number of hydrogen-bond acceptors (Lipinski definition) is 2. The van der Waals surface area contributed by atoms with Crippen molar-refractivity contribution in [2.75, 3.05) is 6.54 Å². The van der Waals surface area contributed by atoms with Crippen LogP contribution in [0.2, 0.25) is 0 Å². The molecule has 0 heterocycles. The Labute approximate surface area is 119 Å². The van der Waals surface area contributed by atoms with Gasteiger partial charge >= 0.3 is 6.09 Å². The summed E-state index contributed by atoms with van der Waals surface area (Å²) in [6.45, 7) is 2.75. The van der Waals surface area contributed by atoms with E-state index in [9.17, 15) is 4.79 Å². The van der Waals surface area contributed by atoms with E-state index in [0.717, 1.165) is 6.42 Å². The summed E-state index contributed by atoms with van der Waals surface area (Å²) in [5, 5.41) is 2.77. The summed E-state index contributed by atoms with van der Waals surface area (Å²) in [4.78, 5) is 11.6. The predicted molar refractivity (Wildman–Crippen MR) is 79.9 cm³/mol. The lowest BCUT2D eigenvalue weighted by atomic mass is 9.98. The minimum atomic E-state index is -0.406. The van der Waals surface area contributed by atoms with Gasteiger partial charge in [0, 0.05) is 6.54 Å². The quantitative estimate of drug-likeness (QED) is 0.892. The molecule has 2 aromatic rings. The number of rotatable bonds is 5. The minimum absolute atomic E-state index is 0.406. The van der Waals surface area contributed by atoms with Gasteiger partial charge in [-0.3, -0.25) is 0 Å². The van der Waals surface area contributed by atoms with Crippen molar-refractivity contribution >= 4 is 6.09 Å². The van der Waals surface area contributed by atoms with Crippen molar-refractivity contribution in [3.05, 3.63) is 66.2 Å². The molecule has 0 radical (unpaired) electrons. The SMILES string of the molecule is CC(CCNC(=O)Oc1ccccc1)c1ccccc1. The van der Waals surface area contributed by atoms with Crippen LogP contribution in [0.3, 0.4) is 0 Å². The first-order valence-electron chi connectivity index (χ1n) is 6.81. The molecule has 0 aliphatic heterocycles. The van der Waals surface area contributed by atoms with E-state index in [0.29, 0.717) is 18.2 Å². The summed E-state index contributed by atoms with van der Waals surface area (Å²) in [5.74, 6) is 0.967. The van der Waals surface area contributed by atoms with Crippen molar-refractivity contribution in [1.29, 1.82) is 0 Å². The first-order chi connectivity index (χ1) is 9.75. The second-order valence-corrected chi connectivity index (χ2v) is 4.73. The molecule has 3 nitrogen and oxygen atoms in total. The Morgan fingerprint density at radius 3 is 2.30 bits per heavy atom. The van der Waals surface area contributed by atoms with Crippen LogP contribution in [-0.4, -0.2) is 12.6 Å². The minimum Gasteiger partial charge on any atom is -0.410 e. The van der Waals surface area contributed by atoms with Crippen LogP contribution in [0.4, 0.5) is 4.79 Å². The summed E-state index contributed by atoms with van der Waals surface area (Å²) in [7, 11) is 0. The van der Waals surface area contributed by atoms with Crippen LogP contribution in [0, 0.1) is 0 Å². The van der Waals surface area contributed by atoms with Crippen molar-refractivity contribution in [1.82, 2.24) is 5.32 Å². The fraction of sp³-hybridized carbons (Fsp3) is 0.235. The molecule has 1 unspecified atom stereocenters. The second-order valence-electron chi connectivity index (χ2n) is 4.73. The third-order valence-electron chi connectivity index (χ3n) is 3.17. The zero-order valence-corrected chi connectivity index (χ0v) is 11.6. The highest BCUT2D eigenvalue weighted by Gasteiger charge is 2.07. The first kappa shape index (κ1) is 14.1. The summed E-state index contributed by atoms with van der Waals surface area (Å²) in [6, 6.07) is 19.3. The summed E-state index contributed by atoms with van der Waals surface area (Å²) in [5.41, 5.74) is 1.28. The van der Waals surface area contributed by atoms with Crippen LogP contribution in [-0.2, 0) is 0 Å². The third-order valence-corrected chi connectivity index (χ3v) is 3.17. The zero-order chi connectivity index (χ0) is 14.2. The maximum atomic E-state index is 11.6. The average molecular weight is 269 g/mol. The summed E-state index contributed by atoms with van der Waals surface area (Å²) in [6.07, 6.45) is 0.477. The Morgan fingerprint density at radius 1 is 1.05 bits per heavy atom. The third kappa shape index (κ3) is 4.43. The maximum absolute atomic E-state index is 11.6. The molecule has 0 saturated carbocycles. The van der Waals surface area contributed by atoms with E-state index in [-0.39, 0.29) is 0 Å². The maximum Gasteiger partial charge on any atom is 0.412 e. The van der Waals surface area contributed by atoms with Crippen LogP contribution in [0.1, 0.15) is 24.8 Å². The molecule has 20 heavy (non-hydrogen) atoms. The molecule has 0 aliphatic carbocycles. The lowest BCUT2D eigenvalue weighted by Crippen LogP contribution is -2.28. The Bertz CT molecular complexity index is 525. The molecule has 0 saturated heterocycles. The number of para-hydroxylation sites is 1. The summed E-state index contributed by atoms with van der Waals surface area (Å²) >= 11 is 0. The molecular formula is C17H19NO2. The van der Waals surface area contributed by atoms with Crippen LogP contribution in [0.5, 0.6) is 5.75 Å². The Hall–Kier alpha value is -2.29. The number of amides is 1. The first-order valence-corrected chi connectivity index (χ1v) is 6.81. The van der Waals surface area contributed by atoms with Gasteiger partial charge in [0.25, 0.3) is 0 Å². The van der Waals surface area contributed by atoms with Gasteiger partial charge in [-0.15, -0.1) is 0 Å². The number of nitrogens with one attached hydrogen (secondary N) is 1. The molecule has 1 amide bonds. The van der Waals surface area contributed by atoms with Gasteiger partial charge in [0.2, 0.25) is 0 Å². The average Bonchev–Trinajstić information content (AvgIpc) is 2.49. The van der Waals surface area contributed by atoms with Crippen LogP contribution >= 0.6 is 0 Å². The molecule has 0 fully saturated rings. The Morgan fingerprint density at radius 2 is 1.65 bits per heavy atom. The van der Waals surface area contributed by atoms with E-state index in [1.807, 2.05) is 36.4 Å². The number of carbonyl (C=O) groups excluding carboxylic acids is 1. The number of ether oxygens (including phenoxy) is 1. The zero-order valence-electron chi connectivity index (χ0n) is 11.6. The van der Waals surface area contributed by atoms with Crippen LogP contribution in [0.15, 0.2) is 60.7 Å². The van der Waals surface area contributed by atoms with Crippen molar-refractivity contribution < 1.29 is 9.53 Å². The highest BCUT2D eigenvalue weighted by atomic mass is 16.5. The van der Waals surface area contributed by atoms with Gasteiger partial charge in [-0.1, -0.05) is 55.5 Å². The van der Waals surface area contributed by atoms with E-state index in [2.05, 4.69) is 24.4 Å². The molecular weight excluding hydrogens is 250 g/mol. The molecule has 1 atom stereocenters. The monoisotopic (exact) mass is 269 g/mol. The van der Waals surface area contributed by atoms with Crippen molar-refractivity contribution in [3.63, 3.8) is 0 Å². The number of hydrogen-bond donors (Lipinski definition) is 1. The van der Waals surface area contributed by atoms with Gasteiger partial charge in [0.05, 0.1) is 0 Å². The molecule has 1 N–H and O–H groups in total. The molecule has 2 rings (SSSR count). The molecule has 3 heteroatoms. The smallest absolute Gasteiger partial charge is 0.410 e. The number of benzene rings is 2. The fourth-order valence-electron chi connectivity index (χ4n) is 1.97. The molecule has 2 aromatic carbocycles. The van der Waals surface area contributed by atoms with E-state index in [1.165, 1.54) is 5.56 Å². The molecule has 0 aliphatic rings. The Balaban J connectivity index is 1.72. The standard InChI is InChI=1S/C17H19NO2/c1-14(15-8-4-2-5-9-15)12-13-18-17(19)20-16-10-6-3-7-11-16/h2-11,14H,12-13H2,1H3,(H,18,19). The van der Waals surface area contributed by atoms with E-state index < -0.39 is 6.09 Å². The van der Waals surface area contributed by atoms with Crippen molar-refractivity contribution in [2.45, 2.75) is 19.3 Å². The lowest BCUT2D eigenvalue weighted by Gasteiger charge is -2.12. The van der Waals surface area contributed by atoms with Gasteiger partial charge in [-0.05, 0) is 30.0 Å². The number of carbonyl (C=O) groups is 1. The largest absolute Gasteiger partial charge is 0.412 e. The highest BCUT2D eigenvalue weighted by Crippen LogP contribution is 2.17.